The third kappa shape index (κ3) is 1.49. The molecule has 0 saturated heterocycles. The van der Waals surface area contributed by atoms with Crippen LogP contribution in [0.4, 0.5) is 0 Å². The number of rotatable bonds is 2. The van der Waals surface area contributed by atoms with Gasteiger partial charge in [-0.05, 0) is 19.1 Å². The molecule has 14 heavy (non-hydrogen) atoms. The van der Waals surface area contributed by atoms with Crippen LogP contribution in [0.25, 0.3) is 5.65 Å². The van der Waals surface area contributed by atoms with Gasteiger partial charge in [-0.15, -0.1) is 0 Å². The van der Waals surface area contributed by atoms with E-state index in [9.17, 15) is 5.21 Å². The lowest BCUT2D eigenvalue weighted by molar-refractivity contribution is -0.0743. The highest BCUT2D eigenvalue weighted by molar-refractivity contribution is 5.42. The number of aromatic nitrogens is 2. The summed E-state index contributed by atoms with van der Waals surface area (Å²) in [6.45, 7) is 2.43. The lowest BCUT2D eigenvalue weighted by Gasteiger charge is -2.08. The average Bonchev–Trinajstić information content (AvgIpc) is 2.43. The van der Waals surface area contributed by atoms with Gasteiger partial charge >= 0.3 is 0 Å². The third-order valence-corrected chi connectivity index (χ3v) is 2.21. The molecule has 1 N–H and O–H groups in total. The van der Waals surface area contributed by atoms with Crippen LogP contribution in [-0.2, 0) is 6.54 Å². The Bertz CT molecular complexity index is 448. The Morgan fingerprint density at radius 1 is 1.50 bits per heavy atom. The van der Waals surface area contributed by atoms with Gasteiger partial charge in [-0.1, -0.05) is 6.07 Å². The monoisotopic (exact) mass is 191 g/mol. The highest BCUT2D eigenvalue weighted by Crippen LogP contribution is 2.12. The number of hydroxylamine groups is 2. The molecule has 0 amide bonds. The lowest BCUT2D eigenvalue weighted by Crippen LogP contribution is -2.14. The van der Waals surface area contributed by atoms with Gasteiger partial charge in [-0.2, -0.15) is 5.06 Å². The van der Waals surface area contributed by atoms with Crippen LogP contribution in [-0.4, -0.2) is 26.7 Å². The fraction of sp³-hybridized carbons (Fsp3) is 0.300. The highest BCUT2D eigenvalue weighted by atomic mass is 16.5. The number of fused-ring (bicyclic) bond motifs is 1. The van der Waals surface area contributed by atoms with Gasteiger partial charge in [0.1, 0.15) is 5.65 Å². The largest absolute Gasteiger partial charge is 0.314 e. The van der Waals surface area contributed by atoms with Gasteiger partial charge in [0, 0.05) is 13.2 Å². The normalized spacial score (nSPS) is 11.4. The van der Waals surface area contributed by atoms with Crippen molar-refractivity contribution in [2.45, 2.75) is 13.5 Å². The fourth-order valence-electron chi connectivity index (χ4n) is 1.57. The molecule has 4 nitrogen and oxygen atoms in total. The quantitative estimate of drug-likeness (QED) is 0.731. The number of pyridine rings is 1. The van der Waals surface area contributed by atoms with Crippen molar-refractivity contribution in [3.8, 4) is 0 Å². The van der Waals surface area contributed by atoms with E-state index in [1.807, 2.05) is 35.7 Å². The van der Waals surface area contributed by atoms with Crippen molar-refractivity contribution in [1.29, 1.82) is 0 Å². The van der Waals surface area contributed by atoms with E-state index in [1.54, 1.807) is 7.05 Å². The molecule has 0 fully saturated rings. The Morgan fingerprint density at radius 3 is 3.00 bits per heavy atom. The molecule has 0 bridgehead atoms. The summed E-state index contributed by atoms with van der Waals surface area (Å²) in [5.41, 5.74) is 2.89. The molecule has 0 spiro atoms. The van der Waals surface area contributed by atoms with Crippen LogP contribution in [0.2, 0.25) is 0 Å². The lowest BCUT2D eigenvalue weighted by atomic mass is 10.3. The maximum absolute atomic E-state index is 9.20. The predicted molar refractivity (Wildman–Crippen MR) is 53.2 cm³/mol. The van der Waals surface area contributed by atoms with E-state index in [0.717, 1.165) is 22.1 Å². The van der Waals surface area contributed by atoms with Crippen molar-refractivity contribution in [2.24, 2.45) is 0 Å². The molecule has 0 radical (unpaired) electrons. The van der Waals surface area contributed by atoms with Crippen molar-refractivity contribution in [1.82, 2.24) is 14.4 Å². The number of hydrogen-bond donors (Lipinski definition) is 1. The molecule has 0 aliphatic carbocycles. The van der Waals surface area contributed by atoms with Gasteiger partial charge in [0.05, 0.1) is 17.9 Å². The first-order valence-corrected chi connectivity index (χ1v) is 4.51. The maximum atomic E-state index is 9.20. The van der Waals surface area contributed by atoms with Crippen molar-refractivity contribution in [2.75, 3.05) is 7.05 Å². The van der Waals surface area contributed by atoms with E-state index in [0.29, 0.717) is 6.54 Å². The molecule has 0 aromatic carbocycles. The van der Waals surface area contributed by atoms with Crippen LogP contribution in [0.15, 0.2) is 24.4 Å². The Kier molecular flexibility index (Phi) is 2.23. The van der Waals surface area contributed by atoms with Gasteiger partial charge in [-0.3, -0.25) is 0 Å². The van der Waals surface area contributed by atoms with E-state index >= 15 is 0 Å². The van der Waals surface area contributed by atoms with Crippen LogP contribution in [0.5, 0.6) is 0 Å². The summed E-state index contributed by atoms with van der Waals surface area (Å²) < 4.78 is 1.99. The minimum absolute atomic E-state index is 0.483. The zero-order valence-electron chi connectivity index (χ0n) is 8.31. The van der Waals surface area contributed by atoms with Gasteiger partial charge in [0.15, 0.2) is 0 Å². The van der Waals surface area contributed by atoms with Gasteiger partial charge in [-0.25, -0.2) is 4.98 Å². The van der Waals surface area contributed by atoms with E-state index in [2.05, 4.69) is 4.98 Å². The molecule has 0 unspecified atom stereocenters. The van der Waals surface area contributed by atoms with E-state index in [-0.39, 0.29) is 0 Å². The number of imidazole rings is 1. The molecule has 2 rings (SSSR count). The summed E-state index contributed by atoms with van der Waals surface area (Å²) in [5, 5.41) is 10.4. The van der Waals surface area contributed by atoms with Crippen molar-refractivity contribution in [3.05, 3.63) is 35.8 Å². The van der Waals surface area contributed by atoms with Crippen molar-refractivity contribution < 1.29 is 5.21 Å². The number of hydrogen-bond acceptors (Lipinski definition) is 3. The summed E-state index contributed by atoms with van der Waals surface area (Å²) in [7, 11) is 1.63. The smallest absolute Gasteiger partial charge is 0.137 e. The molecule has 2 heterocycles. The second kappa shape index (κ2) is 3.40. The first-order valence-electron chi connectivity index (χ1n) is 4.51. The molecule has 0 aliphatic rings. The number of nitrogens with zero attached hydrogens (tertiary/aromatic N) is 3. The Morgan fingerprint density at radius 2 is 2.29 bits per heavy atom. The molecule has 0 aliphatic heterocycles. The summed E-state index contributed by atoms with van der Waals surface area (Å²) in [5.74, 6) is 0. The van der Waals surface area contributed by atoms with Crippen LogP contribution in [0.3, 0.4) is 0 Å². The molecule has 74 valence electrons. The zero-order valence-corrected chi connectivity index (χ0v) is 8.31. The van der Waals surface area contributed by atoms with Gasteiger partial charge < -0.3 is 9.61 Å². The minimum Gasteiger partial charge on any atom is -0.314 e. The molecule has 2 aromatic heterocycles. The topological polar surface area (TPSA) is 40.8 Å². The molecule has 4 heteroatoms. The van der Waals surface area contributed by atoms with E-state index in [4.69, 9.17) is 0 Å². The highest BCUT2D eigenvalue weighted by Gasteiger charge is 2.08. The average molecular weight is 191 g/mol. The summed E-state index contributed by atoms with van der Waals surface area (Å²) >= 11 is 0. The van der Waals surface area contributed by atoms with Gasteiger partial charge in [0.25, 0.3) is 0 Å². The third-order valence-electron chi connectivity index (χ3n) is 2.21. The predicted octanol–water partition coefficient (Wildman–Crippen LogP) is 1.46. The minimum atomic E-state index is 0.483. The standard InChI is InChI=1S/C10H13N3O/c1-8-9(7-12(2)14)13-6-4-3-5-10(13)11-8/h3-6,14H,7H2,1-2H3. The van der Waals surface area contributed by atoms with Crippen LogP contribution in [0, 0.1) is 6.92 Å². The first kappa shape index (κ1) is 9.18. The summed E-state index contributed by atoms with van der Waals surface area (Å²) in [6.07, 6.45) is 1.95. The number of aryl methyl sites for hydroxylation is 1. The first-order chi connectivity index (χ1) is 6.68. The molecular formula is C10H13N3O. The van der Waals surface area contributed by atoms with Crippen molar-refractivity contribution in [3.63, 3.8) is 0 Å². The second-order valence-electron chi connectivity index (χ2n) is 3.39. The summed E-state index contributed by atoms with van der Waals surface area (Å²) in [4.78, 5) is 4.39. The fourth-order valence-corrected chi connectivity index (χ4v) is 1.57. The SMILES string of the molecule is Cc1nc2ccccn2c1CN(C)O. The molecular weight excluding hydrogens is 178 g/mol. The Balaban J connectivity index is 2.56. The molecule has 0 atom stereocenters. The van der Waals surface area contributed by atoms with Crippen LogP contribution < -0.4 is 0 Å². The Labute approximate surface area is 82.4 Å². The van der Waals surface area contributed by atoms with E-state index in [1.165, 1.54) is 0 Å². The van der Waals surface area contributed by atoms with Crippen LogP contribution in [0.1, 0.15) is 11.4 Å². The van der Waals surface area contributed by atoms with E-state index < -0.39 is 0 Å². The molecule has 2 aromatic rings. The second-order valence-corrected chi connectivity index (χ2v) is 3.39. The van der Waals surface area contributed by atoms with Crippen molar-refractivity contribution >= 4 is 5.65 Å². The molecule has 0 saturated carbocycles. The van der Waals surface area contributed by atoms with Gasteiger partial charge in [0.2, 0.25) is 0 Å². The maximum Gasteiger partial charge on any atom is 0.137 e. The zero-order chi connectivity index (χ0) is 10.1. The van der Waals surface area contributed by atoms with Crippen LogP contribution >= 0.6 is 0 Å². The summed E-state index contributed by atoms with van der Waals surface area (Å²) in [6, 6.07) is 5.86. The Hall–Kier alpha value is -1.39.